The number of rotatable bonds is 7. The van der Waals surface area contributed by atoms with E-state index in [1.165, 1.54) is 0 Å². The molecule has 0 saturated carbocycles. The Labute approximate surface area is 212 Å². The van der Waals surface area contributed by atoms with Gasteiger partial charge in [-0.15, -0.1) is 0 Å². The van der Waals surface area contributed by atoms with Crippen molar-refractivity contribution in [2.75, 3.05) is 19.9 Å². The summed E-state index contributed by atoms with van der Waals surface area (Å²) in [6, 6.07) is 11.8. The first kappa shape index (κ1) is 25.5. The van der Waals surface area contributed by atoms with Crippen LogP contribution in [0.4, 0.5) is 0 Å². The number of aryl methyl sites for hydroxylation is 1. The van der Waals surface area contributed by atoms with E-state index in [1.54, 1.807) is 29.2 Å². The van der Waals surface area contributed by atoms with E-state index in [9.17, 15) is 14.4 Å². The summed E-state index contributed by atoms with van der Waals surface area (Å²) in [4.78, 5) is 41.3. The van der Waals surface area contributed by atoms with Crippen LogP contribution in [0, 0.1) is 18.8 Å². The number of piperidine rings is 1. The van der Waals surface area contributed by atoms with Crippen LogP contribution in [0.3, 0.4) is 0 Å². The summed E-state index contributed by atoms with van der Waals surface area (Å²) in [6.07, 6.45) is 1.22. The van der Waals surface area contributed by atoms with Crippen LogP contribution in [0.5, 0.6) is 11.5 Å². The third kappa shape index (κ3) is 5.64. The van der Waals surface area contributed by atoms with Crippen molar-refractivity contribution in [2.24, 2.45) is 11.8 Å². The third-order valence-electron chi connectivity index (χ3n) is 7.25. The Bertz CT molecular complexity index is 1120. The Kier molecular flexibility index (Phi) is 7.82. The molecule has 2 aliphatic rings. The van der Waals surface area contributed by atoms with Crippen molar-refractivity contribution in [3.05, 3.63) is 59.2 Å². The molecule has 0 unspecified atom stereocenters. The lowest BCUT2D eigenvalue weighted by molar-refractivity contribution is -0.125. The van der Waals surface area contributed by atoms with E-state index in [1.807, 2.05) is 45.9 Å². The molecule has 0 aromatic heterocycles. The Hall–Kier alpha value is -3.55. The van der Waals surface area contributed by atoms with E-state index >= 15 is 0 Å². The molecule has 1 fully saturated rings. The van der Waals surface area contributed by atoms with Crippen molar-refractivity contribution in [1.29, 1.82) is 0 Å². The zero-order chi connectivity index (χ0) is 25.8. The van der Waals surface area contributed by atoms with Gasteiger partial charge in [-0.2, -0.15) is 0 Å². The molecule has 2 aliphatic heterocycles. The second-order valence-corrected chi connectivity index (χ2v) is 10.0. The number of fused-ring (bicyclic) bond motifs is 1. The van der Waals surface area contributed by atoms with Gasteiger partial charge in [0.25, 0.3) is 11.8 Å². The van der Waals surface area contributed by atoms with Crippen LogP contribution in [0.15, 0.2) is 42.5 Å². The summed E-state index contributed by atoms with van der Waals surface area (Å²) >= 11 is 0. The lowest BCUT2D eigenvalue weighted by Gasteiger charge is -2.36. The summed E-state index contributed by atoms with van der Waals surface area (Å²) in [5.41, 5.74) is 1.96. The maximum atomic E-state index is 13.3. The van der Waals surface area contributed by atoms with Gasteiger partial charge in [0.05, 0.1) is 0 Å². The molecule has 8 heteroatoms. The van der Waals surface area contributed by atoms with Crippen LogP contribution in [0.2, 0.25) is 0 Å². The lowest BCUT2D eigenvalue weighted by atomic mass is 9.87. The van der Waals surface area contributed by atoms with Crippen molar-refractivity contribution in [3.8, 4) is 11.5 Å². The molecule has 192 valence electrons. The molecular weight excluding hydrogens is 458 g/mol. The van der Waals surface area contributed by atoms with Crippen LogP contribution in [0.1, 0.15) is 59.9 Å². The number of likely N-dealkylation sites (tertiary alicyclic amines) is 1. The van der Waals surface area contributed by atoms with Crippen molar-refractivity contribution in [2.45, 2.75) is 52.6 Å². The monoisotopic (exact) mass is 493 g/mol. The highest BCUT2D eigenvalue weighted by atomic mass is 16.7. The smallest absolute Gasteiger partial charge is 0.253 e. The third-order valence-corrected chi connectivity index (χ3v) is 7.25. The van der Waals surface area contributed by atoms with Gasteiger partial charge >= 0.3 is 0 Å². The summed E-state index contributed by atoms with van der Waals surface area (Å²) in [5, 5.41) is 6.08. The quantitative estimate of drug-likeness (QED) is 0.615. The summed E-state index contributed by atoms with van der Waals surface area (Å²) in [7, 11) is 0. The highest BCUT2D eigenvalue weighted by molar-refractivity contribution is 5.99. The minimum absolute atomic E-state index is 0.0250. The first-order valence-electron chi connectivity index (χ1n) is 12.6. The standard InChI is InChI=1S/C28H35N3O5/c1-17(2)19(4)29-27(33)25(30-26(32)22-8-6-5-7-18(22)3)20-11-13-31(14-12-20)28(34)21-9-10-23-24(15-21)36-16-35-23/h5-10,15,17,19-20,25H,11-14,16H2,1-4H3,(H,29,33)(H,30,32)/t19-,25+/m1/s1. The van der Waals surface area contributed by atoms with Crippen LogP contribution in [-0.4, -0.2) is 54.6 Å². The normalized spacial score (nSPS) is 17.0. The SMILES string of the molecule is Cc1ccccc1C(=O)N[C@H](C(=O)N[C@H](C)C(C)C)C1CCN(C(=O)c2ccc3c(c2)OCO3)CC1. The number of carbonyl (C=O) groups is 3. The average Bonchev–Trinajstić information content (AvgIpc) is 3.35. The molecule has 36 heavy (non-hydrogen) atoms. The number of amides is 3. The summed E-state index contributed by atoms with van der Waals surface area (Å²) in [5.74, 6) is 0.874. The van der Waals surface area contributed by atoms with E-state index in [0.29, 0.717) is 48.6 Å². The van der Waals surface area contributed by atoms with Crippen LogP contribution in [-0.2, 0) is 4.79 Å². The maximum Gasteiger partial charge on any atom is 0.253 e. The number of hydrogen-bond acceptors (Lipinski definition) is 5. The molecule has 2 aromatic carbocycles. The van der Waals surface area contributed by atoms with E-state index in [2.05, 4.69) is 10.6 Å². The molecule has 0 aliphatic carbocycles. The largest absolute Gasteiger partial charge is 0.454 e. The molecular formula is C28H35N3O5. The number of carbonyl (C=O) groups excluding carboxylic acids is 3. The molecule has 2 aromatic rings. The van der Waals surface area contributed by atoms with Crippen LogP contribution >= 0.6 is 0 Å². The Balaban J connectivity index is 1.45. The van der Waals surface area contributed by atoms with Gasteiger partial charge in [0.1, 0.15) is 6.04 Å². The molecule has 8 nitrogen and oxygen atoms in total. The topological polar surface area (TPSA) is 97.0 Å². The minimum atomic E-state index is -0.680. The second-order valence-electron chi connectivity index (χ2n) is 10.0. The van der Waals surface area contributed by atoms with Gasteiger partial charge in [0.2, 0.25) is 12.7 Å². The first-order valence-corrected chi connectivity index (χ1v) is 12.6. The Morgan fingerprint density at radius 2 is 1.64 bits per heavy atom. The number of ether oxygens (including phenoxy) is 2. The predicted octanol–water partition coefficient (Wildman–Crippen LogP) is 3.54. The Morgan fingerprint density at radius 1 is 0.944 bits per heavy atom. The zero-order valence-electron chi connectivity index (χ0n) is 21.4. The zero-order valence-corrected chi connectivity index (χ0v) is 21.4. The summed E-state index contributed by atoms with van der Waals surface area (Å²) in [6.45, 7) is 9.10. The van der Waals surface area contributed by atoms with E-state index in [-0.39, 0.29) is 42.4 Å². The molecule has 2 heterocycles. The fraction of sp³-hybridized carbons (Fsp3) is 0.464. The fourth-order valence-corrected chi connectivity index (χ4v) is 4.57. The highest BCUT2D eigenvalue weighted by Gasteiger charge is 2.35. The molecule has 2 N–H and O–H groups in total. The molecule has 1 saturated heterocycles. The van der Waals surface area contributed by atoms with Gasteiger partial charge in [0.15, 0.2) is 11.5 Å². The minimum Gasteiger partial charge on any atom is -0.454 e. The van der Waals surface area contributed by atoms with Gasteiger partial charge in [0, 0.05) is 30.3 Å². The number of hydrogen-bond donors (Lipinski definition) is 2. The van der Waals surface area contributed by atoms with E-state index in [0.717, 1.165) is 5.56 Å². The van der Waals surface area contributed by atoms with Crippen molar-refractivity contribution in [1.82, 2.24) is 15.5 Å². The van der Waals surface area contributed by atoms with Crippen molar-refractivity contribution < 1.29 is 23.9 Å². The first-order chi connectivity index (χ1) is 17.2. The number of nitrogens with one attached hydrogen (secondary N) is 2. The second kappa shape index (κ2) is 11.0. The molecule has 4 rings (SSSR count). The van der Waals surface area contributed by atoms with Gasteiger partial charge in [-0.25, -0.2) is 0 Å². The molecule has 3 amide bonds. The highest BCUT2D eigenvalue weighted by Crippen LogP contribution is 2.33. The number of nitrogens with zero attached hydrogens (tertiary/aromatic N) is 1. The van der Waals surface area contributed by atoms with E-state index < -0.39 is 6.04 Å². The van der Waals surface area contributed by atoms with Gasteiger partial charge in [-0.3, -0.25) is 14.4 Å². The van der Waals surface area contributed by atoms with Crippen molar-refractivity contribution >= 4 is 17.7 Å². The average molecular weight is 494 g/mol. The molecule has 2 atom stereocenters. The van der Waals surface area contributed by atoms with E-state index in [4.69, 9.17) is 9.47 Å². The molecule has 0 spiro atoms. The van der Waals surface area contributed by atoms with Gasteiger partial charge < -0.3 is 25.0 Å². The van der Waals surface area contributed by atoms with Crippen LogP contribution in [0.25, 0.3) is 0 Å². The lowest BCUT2D eigenvalue weighted by Crippen LogP contribution is -2.55. The Morgan fingerprint density at radius 3 is 2.33 bits per heavy atom. The molecule has 0 bridgehead atoms. The van der Waals surface area contributed by atoms with Gasteiger partial charge in [-0.05, 0) is 68.4 Å². The van der Waals surface area contributed by atoms with Crippen molar-refractivity contribution in [3.63, 3.8) is 0 Å². The predicted molar refractivity (Wildman–Crippen MR) is 136 cm³/mol. The van der Waals surface area contributed by atoms with Crippen LogP contribution < -0.4 is 20.1 Å². The number of benzene rings is 2. The van der Waals surface area contributed by atoms with Gasteiger partial charge in [-0.1, -0.05) is 32.0 Å². The fourth-order valence-electron chi connectivity index (χ4n) is 4.57. The summed E-state index contributed by atoms with van der Waals surface area (Å²) < 4.78 is 10.7. The molecule has 0 radical (unpaired) electrons. The maximum absolute atomic E-state index is 13.3.